The summed E-state index contributed by atoms with van der Waals surface area (Å²) in [6, 6.07) is 3.00. The van der Waals surface area contributed by atoms with Crippen molar-refractivity contribution in [2.24, 2.45) is 0 Å². The van der Waals surface area contributed by atoms with Crippen LogP contribution in [0.5, 0.6) is 0 Å². The lowest BCUT2D eigenvalue weighted by atomic mass is 10.0. The molecule has 0 aromatic heterocycles. The summed E-state index contributed by atoms with van der Waals surface area (Å²) in [7, 11) is 0. The highest BCUT2D eigenvalue weighted by molar-refractivity contribution is 5.89. The molecular formula is C13H14F3NO3. The predicted molar refractivity (Wildman–Crippen MR) is 66.3 cm³/mol. The van der Waals surface area contributed by atoms with Crippen LogP contribution < -0.4 is 5.32 Å². The Morgan fingerprint density at radius 1 is 1.30 bits per heavy atom. The van der Waals surface area contributed by atoms with Crippen molar-refractivity contribution in [2.75, 3.05) is 5.32 Å². The number of carboxylic acid groups (broad SMARTS) is 1. The van der Waals surface area contributed by atoms with Gasteiger partial charge in [0.1, 0.15) is 0 Å². The number of rotatable bonds is 5. The monoisotopic (exact) mass is 289 g/mol. The molecule has 110 valence electrons. The van der Waals surface area contributed by atoms with Crippen molar-refractivity contribution >= 4 is 17.6 Å². The minimum Gasteiger partial charge on any atom is -0.481 e. The van der Waals surface area contributed by atoms with Crippen molar-refractivity contribution in [2.45, 2.75) is 32.4 Å². The first-order chi connectivity index (χ1) is 9.20. The average Bonchev–Trinajstić information content (AvgIpc) is 2.28. The second kappa shape index (κ2) is 6.40. The van der Waals surface area contributed by atoms with E-state index in [1.54, 1.807) is 0 Å². The Morgan fingerprint density at radius 3 is 2.45 bits per heavy atom. The zero-order valence-corrected chi connectivity index (χ0v) is 10.8. The number of anilines is 1. The quantitative estimate of drug-likeness (QED) is 0.875. The highest BCUT2D eigenvalue weighted by Gasteiger charge is 2.31. The van der Waals surface area contributed by atoms with Crippen LogP contribution in [0.15, 0.2) is 18.2 Å². The molecular weight excluding hydrogens is 275 g/mol. The van der Waals surface area contributed by atoms with Gasteiger partial charge in [0.05, 0.1) is 5.56 Å². The topological polar surface area (TPSA) is 66.4 Å². The maximum Gasteiger partial charge on any atom is 0.416 e. The van der Waals surface area contributed by atoms with Gasteiger partial charge in [0, 0.05) is 19.0 Å². The van der Waals surface area contributed by atoms with Crippen LogP contribution in [0.25, 0.3) is 0 Å². The van der Waals surface area contributed by atoms with Gasteiger partial charge < -0.3 is 10.4 Å². The molecule has 0 unspecified atom stereocenters. The summed E-state index contributed by atoms with van der Waals surface area (Å²) in [5.41, 5.74) is -0.274. The summed E-state index contributed by atoms with van der Waals surface area (Å²) in [5.74, 6) is -1.41. The molecule has 0 aliphatic carbocycles. The van der Waals surface area contributed by atoms with Crippen molar-refractivity contribution < 1.29 is 27.9 Å². The van der Waals surface area contributed by atoms with Crippen LogP contribution >= 0.6 is 0 Å². The van der Waals surface area contributed by atoms with E-state index in [0.29, 0.717) is 0 Å². The minimum atomic E-state index is -4.48. The third-order valence-electron chi connectivity index (χ3n) is 2.58. The number of amides is 1. The standard InChI is InChI=1S/C13H14F3NO3/c1-8(18)17-11-6-5-10(13(14,15)16)7-9(11)3-2-4-12(19)20/h5-7H,2-4H2,1H3,(H,17,18)(H,19,20). The van der Waals surface area contributed by atoms with E-state index in [1.807, 2.05) is 0 Å². The van der Waals surface area contributed by atoms with Gasteiger partial charge in [-0.2, -0.15) is 13.2 Å². The minimum absolute atomic E-state index is 0.143. The fraction of sp³-hybridized carbons (Fsp3) is 0.385. The molecule has 0 spiro atoms. The number of carbonyl (C=O) groups excluding carboxylic acids is 1. The molecule has 0 saturated carbocycles. The zero-order chi connectivity index (χ0) is 15.3. The van der Waals surface area contributed by atoms with Gasteiger partial charge in [-0.15, -0.1) is 0 Å². The van der Waals surface area contributed by atoms with Gasteiger partial charge in [-0.3, -0.25) is 9.59 Å². The Bertz CT molecular complexity index is 512. The molecule has 0 bridgehead atoms. The summed E-state index contributed by atoms with van der Waals surface area (Å²) in [5, 5.41) is 11.0. The lowest BCUT2D eigenvalue weighted by Gasteiger charge is -2.13. The Morgan fingerprint density at radius 2 is 1.95 bits per heavy atom. The number of hydrogen-bond donors (Lipinski definition) is 2. The van der Waals surface area contributed by atoms with Crippen LogP contribution in [0.2, 0.25) is 0 Å². The molecule has 0 aliphatic rings. The molecule has 1 aromatic rings. The van der Waals surface area contributed by atoms with E-state index in [-0.39, 0.29) is 30.5 Å². The molecule has 0 aliphatic heterocycles. The van der Waals surface area contributed by atoms with Gasteiger partial charge >= 0.3 is 12.1 Å². The van der Waals surface area contributed by atoms with Crippen molar-refractivity contribution in [3.05, 3.63) is 29.3 Å². The van der Waals surface area contributed by atoms with E-state index in [1.165, 1.54) is 13.0 Å². The summed E-state index contributed by atoms with van der Waals surface area (Å²) in [4.78, 5) is 21.4. The van der Waals surface area contributed by atoms with Gasteiger partial charge in [0.15, 0.2) is 0 Å². The van der Waals surface area contributed by atoms with Gasteiger partial charge in [-0.05, 0) is 36.6 Å². The van der Waals surface area contributed by atoms with E-state index < -0.39 is 23.6 Å². The normalized spacial score (nSPS) is 11.2. The van der Waals surface area contributed by atoms with Gasteiger partial charge in [-0.1, -0.05) is 0 Å². The fourth-order valence-electron chi connectivity index (χ4n) is 1.72. The van der Waals surface area contributed by atoms with E-state index in [2.05, 4.69) is 5.32 Å². The molecule has 7 heteroatoms. The number of halogens is 3. The summed E-state index contributed by atoms with van der Waals surface area (Å²) >= 11 is 0. The molecule has 1 amide bonds. The zero-order valence-electron chi connectivity index (χ0n) is 10.8. The van der Waals surface area contributed by atoms with Crippen molar-refractivity contribution in [1.82, 2.24) is 0 Å². The van der Waals surface area contributed by atoms with Gasteiger partial charge in [0.2, 0.25) is 5.91 Å². The Kier molecular flexibility index (Phi) is 5.12. The Labute approximate surface area is 113 Å². The number of hydrogen-bond acceptors (Lipinski definition) is 2. The lowest BCUT2D eigenvalue weighted by molar-refractivity contribution is -0.138. The lowest BCUT2D eigenvalue weighted by Crippen LogP contribution is -2.11. The summed E-state index contributed by atoms with van der Waals surface area (Å²) < 4.78 is 37.9. The van der Waals surface area contributed by atoms with E-state index in [9.17, 15) is 22.8 Å². The molecule has 0 fully saturated rings. The number of alkyl halides is 3. The highest BCUT2D eigenvalue weighted by Crippen LogP contribution is 2.32. The summed E-state index contributed by atoms with van der Waals surface area (Å²) in [6.45, 7) is 1.25. The van der Waals surface area contributed by atoms with Gasteiger partial charge in [0.25, 0.3) is 0 Å². The largest absolute Gasteiger partial charge is 0.481 e. The van der Waals surface area contributed by atoms with Crippen molar-refractivity contribution in [1.29, 1.82) is 0 Å². The number of carboxylic acids is 1. The molecule has 0 saturated heterocycles. The maximum absolute atomic E-state index is 12.6. The van der Waals surface area contributed by atoms with Crippen molar-refractivity contribution in [3.8, 4) is 0 Å². The molecule has 4 nitrogen and oxygen atoms in total. The molecule has 1 rings (SSSR count). The van der Waals surface area contributed by atoms with Crippen LogP contribution in [0.3, 0.4) is 0 Å². The SMILES string of the molecule is CC(=O)Nc1ccc(C(F)(F)F)cc1CCCC(=O)O. The molecule has 2 N–H and O–H groups in total. The number of aryl methyl sites for hydroxylation is 1. The van der Waals surface area contributed by atoms with E-state index in [0.717, 1.165) is 12.1 Å². The fourth-order valence-corrected chi connectivity index (χ4v) is 1.72. The highest BCUT2D eigenvalue weighted by atomic mass is 19.4. The average molecular weight is 289 g/mol. The number of nitrogens with one attached hydrogen (secondary N) is 1. The maximum atomic E-state index is 12.6. The van der Waals surface area contributed by atoms with Crippen LogP contribution in [-0.2, 0) is 22.2 Å². The van der Waals surface area contributed by atoms with Crippen LogP contribution in [0, 0.1) is 0 Å². The third-order valence-corrected chi connectivity index (χ3v) is 2.58. The van der Waals surface area contributed by atoms with Crippen LogP contribution in [-0.4, -0.2) is 17.0 Å². The number of benzene rings is 1. The van der Waals surface area contributed by atoms with Crippen molar-refractivity contribution in [3.63, 3.8) is 0 Å². The van der Waals surface area contributed by atoms with Crippen LogP contribution in [0.4, 0.5) is 18.9 Å². The predicted octanol–water partition coefficient (Wildman–Crippen LogP) is 3.07. The molecule has 20 heavy (non-hydrogen) atoms. The molecule has 0 heterocycles. The second-order valence-electron chi connectivity index (χ2n) is 4.30. The van der Waals surface area contributed by atoms with Gasteiger partial charge in [-0.25, -0.2) is 0 Å². The Hall–Kier alpha value is -2.05. The van der Waals surface area contributed by atoms with E-state index >= 15 is 0 Å². The Balaban J connectivity index is 2.99. The third kappa shape index (κ3) is 4.91. The first-order valence-electron chi connectivity index (χ1n) is 5.89. The number of aliphatic carboxylic acids is 1. The second-order valence-corrected chi connectivity index (χ2v) is 4.30. The summed E-state index contributed by atoms with van der Waals surface area (Å²) in [6.07, 6.45) is -4.28. The van der Waals surface area contributed by atoms with Crippen LogP contribution in [0.1, 0.15) is 30.9 Å². The molecule has 0 radical (unpaired) electrons. The molecule has 1 aromatic carbocycles. The van der Waals surface area contributed by atoms with E-state index in [4.69, 9.17) is 5.11 Å². The first kappa shape index (κ1) is 16.0. The molecule has 0 atom stereocenters. The first-order valence-corrected chi connectivity index (χ1v) is 5.89. The number of carbonyl (C=O) groups is 2. The smallest absolute Gasteiger partial charge is 0.416 e.